The molecule has 1 heterocycles. The lowest BCUT2D eigenvalue weighted by atomic mass is 10.0. The van der Waals surface area contributed by atoms with E-state index in [2.05, 4.69) is 5.32 Å². The largest absolute Gasteiger partial charge is 0.306 e. The molecule has 1 atom stereocenters. The zero-order chi connectivity index (χ0) is 11.2. The van der Waals surface area contributed by atoms with Gasteiger partial charge in [0.1, 0.15) is 0 Å². The summed E-state index contributed by atoms with van der Waals surface area (Å²) < 4.78 is 52.4. The van der Waals surface area contributed by atoms with Gasteiger partial charge in [-0.25, -0.2) is 17.6 Å². The van der Waals surface area contributed by atoms with Crippen molar-refractivity contribution in [2.45, 2.75) is 25.9 Å². The quantitative estimate of drug-likeness (QED) is 0.435. The summed E-state index contributed by atoms with van der Waals surface area (Å²) in [6.45, 7) is 1.79. The molecule has 0 saturated carbocycles. The third kappa shape index (κ3) is 1.33. The molecule has 15 heavy (non-hydrogen) atoms. The van der Waals surface area contributed by atoms with Crippen LogP contribution in [-0.2, 0) is 6.54 Å². The predicted octanol–water partition coefficient (Wildman–Crippen LogP) is 2.80. The van der Waals surface area contributed by atoms with Gasteiger partial charge in [-0.05, 0) is 6.42 Å². The number of hydrogen-bond donors (Lipinski definition) is 1. The first-order chi connectivity index (χ1) is 7.07. The van der Waals surface area contributed by atoms with E-state index in [-0.39, 0.29) is 17.7 Å². The molecule has 1 aromatic carbocycles. The Kier molecular flexibility index (Phi) is 2.42. The van der Waals surface area contributed by atoms with Crippen LogP contribution in [0.1, 0.15) is 30.5 Å². The highest BCUT2D eigenvalue weighted by atomic mass is 19.2. The highest BCUT2D eigenvalue weighted by Crippen LogP contribution is 2.34. The van der Waals surface area contributed by atoms with E-state index in [4.69, 9.17) is 0 Å². The first kappa shape index (κ1) is 10.4. The van der Waals surface area contributed by atoms with Crippen LogP contribution >= 0.6 is 0 Å². The molecule has 0 spiro atoms. The molecule has 82 valence electrons. The topological polar surface area (TPSA) is 12.0 Å². The van der Waals surface area contributed by atoms with E-state index in [0.717, 1.165) is 0 Å². The van der Waals surface area contributed by atoms with Crippen LogP contribution in [0.4, 0.5) is 17.6 Å². The molecule has 1 nitrogen and oxygen atoms in total. The van der Waals surface area contributed by atoms with Crippen molar-refractivity contribution in [2.75, 3.05) is 0 Å². The van der Waals surface area contributed by atoms with E-state index in [9.17, 15) is 17.6 Å². The van der Waals surface area contributed by atoms with E-state index in [0.29, 0.717) is 6.42 Å². The van der Waals surface area contributed by atoms with Gasteiger partial charge in [-0.2, -0.15) is 0 Å². The molecule has 1 aromatic rings. The normalized spacial score (nSPS) is 19.4. The van der Waals surface area contributed by atoms with Crippen molar-refractivity contribution in [3.05, 3.63) is 34.4 Å². The lowest BCUT2D eigenvalue weighted by Gasteiger charge is -2.10. The average Bonchev–Trinajstić information content (AvgIpc) is 2.67. The number of rotatable bonds is 1. The summed E-state index contributed by atoms with van der Waals surface area (Å²) in [5.41, 5.74) is -0.174. The minimum absolute atomic E-state index is 0.0355. The fourth-order valence-corrected chi connectivity index (χ4v) is 1.91. The molecule has 0 aromatic heterocycles. The minimum atomic E-state index is -1.73. The number of benzene rings is 1. The number of nitrogens with one attached hydrogen (secondary N) is 1. The second-order valence-corrected chi connectivity index (χ2v) is 3.49. The summed E-state index contributed by atoms with van der Waals surface area (Å²) in [6.07, 6.45) is 0.494. The van der Waals surface area contributed by atoms with Crippen LogP contribution in [0.25, 0.3) is 0 Å². The van der Waals surface area contributed by atoms with Gasteiger partial charge in [-0.3, -0.25) is 0 Å². The Morgan fingerprint density at radius 3 is 2.27 bits per heavy atom. The van der Waals surface area contributed by atoms with Gasteiger partial charge in [0.25, 0.3) is 0 Å². The van der Waals surface area contributed by atoms with Gasteiger partial charge in [0.2, 0.25) is 0 Å². The van der Waals surface area contributed by atoms with Crippen LogP contribution in [0.2, 0.25) is 0 Å². The Balaban J connectivity index is 2.70. The van der Waals surface area contributed by atoms with Crippen molar-refractivity contribution < 1.29 is 17.6 Å². The Labute approximate surface area is 84.1 Å². The second kappa shape index (κ2) is 3.48. The van der Waals surface area contributed by atoms with Crippen LogP contribution in [0, 0.1) is 23.3 Å². The van der Waals surface area contributed by atoms with Gasteiger partial charge in [0.05, 0.1) is 0 Å². The van der Waals surface area contributed by atoms with Crippen LogP contribution in [0.15, 0.2) is 0 Å². The fraction of sp³-hybridized carbons (Fsp3) is 0.400. The van der Waals surface area contributed by atoms with Crippen LogP contribution < -0.4 is 5.32 Å². The van der Waals surface area contributed by atoms with E-state index < -0.39 is 29.3 Å². The summed E-state index contributed by atoms with van der Waals surface area (Å²) >= 11 is 0. The summed E-state index contributed by atoms with van der Waals surface area (Å²) in [7, 11) is 0. The zero-order valence-corrected chi connectivity index (χ0v) is 8.00. The molecule has 1 N–H and O–H groups in total. The van der Waals surface area contributed by atoms with Gasteiger partial charge in [0.15, 0.2) is 23.3 Å². The third-order valence-electron chi connectivity index (χ3n) is 2.69. The molecular weight excluding hydrogens is 210 g/mol. The number of hydrogen-bond acceptors (Lipinski definition) is 1. The lowest BCUT2D eigenvalue weighted by molar-refractivity contribution is 0.399. The lowest BCUT2D eigenvalue weighted by Crippen LogP contribution is -2.11. The van der Waals surface area contributed by atoms with Crippen molar-refractivity contribution >= 4 is 0 Å². The first-order valence-electron chi connectivity index (χ1n) is 4.66. The summed E-state index contributed by atoms with van der Waals surface area (Å²) in [6, 6.07) is -0.440. The summed E-state index contributed by atoms with van der Waals surface area (Å²) in [5.74, 6) is -6.02. The molecule has 1 aliphatic rings. The molecule has 0 fully saturated rings. The highest BCUT2D eigenvalue weighted by Gasteiger charge is 2.32. The smallest absolute Gasteiger partial charge is 0.197 e. The Hall–Kier alpha value is -1.10. The molecule has 5 heteroatoms. The standard InChI is InChI=1S/C10H9F4N/c1-2-5-6-4(3-15-5)7(11)9(13)10(14)8(6)12/h5,15H,2-3H2,1H3. The highest BCUT2D eigenvalue weighted by molar-refractivity contribution is 5.37. The molecule has 0 amide bonds. The maximum Gasteiger partial charge on any atom is 0.197 e. The summed E-state index contributed by atoms with van der Waals surface area (Å²) in [5, 5.41) is 2.79. The maximum absolute atomic E-state index is 13.4. The Morgan fingerprint density at radius 2 is 1.67 bits per heavy atom. The van der Waals surface area contributed by atoms with Gasteiger partial charge >= 0.3 is 0 Å². The molecule has 0 radical (unpaired) electrons. The van der Waals surface area contributed by atoms with Gasteiger partial charge in [-0.1, -0.05) is 6.92 Å². The Bertz CT molecular complexity index is 417. The maximum atomic E-state index is 13.4. The van der Waals surface area contributed by atoms with Crippen molar-refractivity contribution in [1.82, 2.24) is 5.32 Å². The molecule has 0 saturated heterocycles. The second-order valence-electron chi connectivity index (χ2n) is 3.49. The monoisotopic (exact) mass is 219 g/mol. The fourth-order valence-electron chi connectivity index (χ4n) is 1.91. The number of halogens is 4. The van der Waals surface area contributed by atoms with Crippen molar-refractivity contribution in [2.24, 2.45) is 0 Å². The summed E-state index contributed by atoms with van der Waals surface area (Å²) in [4.78, 5) is 0. The van der Waals surface area contributed by atoms with Crippen LogP contribution in [-0.4, -0.2) is 0 Å². The van der Waals surface area contributed by atoms with E-state index >= 15 is 0 Å². The van der Waals surface area contributed by atoms with E-state index in [1.54, 1.807) is 6.92 Å². The van der Waals surface area contributed by atoms with Crippen LogP contribution in [0.3, 0.4) is 0 Å². The van der Waals surface area contributed by atoms with Crippen molar-refractivity contribution in [3.63, 3.8) is 0 Å². The number of fused-ring (bicyclic) bond motifs is 1. The van der Waals surface area contributed by atoms with Crippen LogP contribution in [0.5, 0.6) is 0 Å². The van der Waals surface area contributed by atoms with Gasteiger partial charge in [-0.15, -0.1) is 0 Å². The predicted molar refractivity (Wildman–Crippen MR) is 46.1 cm³/mol. The molecule has 0 bridgehead atoms. The molecule has 1 unspecified atom stereocenters. The molecule has 2 rings (SSSR count). The molecule has 1 aliphatic heterocycles. The van der Waals surface area contributed by atoms with Crippen molar-refractivity contribution in [3.8, 4) is 0 Å². The molecule has 0 aliphatic carbocycles. The van der Waals surface area contributed by atoms with Gasteiger partial charge < -0.3 is 5.32 Å². The Morgan fingerprint density at radius 1 is 1.07 bits per heavy atom. The van der Waals surface area contributed by atoms with Crippen molar-refractivity contribution in [1.29, 1.82) is 0 Å². The van der Waals surface area contributed by atoms with E-state index in [1.807, 2.05) is 0 Å². The van der Waals surface area contributed by atoms with E-state index in [1.165, 1.54) is 0 Å². The SMILES string of the molecule is CCC1NCc2c(F)c(F)c(F)c(F)c21. The zero-order valence-electron chi connectivity index (χ0n) is 8.00. The van der Waals surface area contributed by atoms with Gasteiger partial charge in [0, 0.05) is 23.7 Å². The average molecular weight is 219 g/mol. The third-order valence-corrected chi connectivity index (χ3v) is 2.69. The minimum Gasteiger partial charge on any atom is -0.306 e. The first-order valence-corrected chi connectivity index (χ1v) is 4.66. The molecular formula is C10H9F4N.